The van der Waals surface area contributed by atoms with Gasteiger partial charge in [0.2, 0.25) is 0 Å². The van der Waals surface area contributed by atoms with Crippen LogP contribution in [0.15, 0.2) is 48.2 Å². The van der Waals surface area contributed by atoms with E-state index < -0.39 is 0 Å². The zero-order valence-corrected chi connectivity index (χ0v) is 14.7. The van der Waals surface area contributed by atoms with Gasteiger partial charge in [-0.3, -0.25) is 14.5 Å². The number of nitrogens with one attached hydrogen (secondary N) is 1. The van der Waals surface area contributed by atoms with Gasteiger partial charge in [-0.1, -0.05) is 30.3 Å². The molecule has 128 valence electrons. The molecule has 0 bridgehead atoms. The van der Waals surface area contributed by atoms with E-state index in [1.165, 1.54) is 7.05 Å². The number of carbonyl (C=O) groups is 2. The maximum atomic E-state index is 12.6. The average molecular weight is 336 g/mol. The normalized spacial score (nSPS) is 14.3. The molecule has 0 saturated carbocycles. The third-order valence-corrected chi connectivity index (χ3v) is 4.45. The van der Waals surface area contributed by atoms with Crippen molar-refractivity contribution in [1.82, 2.24) is 4.90 Å². The number of nitrogens with zero attached hydrogens (tertiary/aromatic N) is 1. The number of para-hydroxylation sites is 2. The molecule has 0 aromatic heterocycles. The quantitative estimate of drug-likeness (QED) is 0.872. The molecule has 0 spiro atoms. The average Bonchev–Trinajstić information content (AvgIpc) is 2.82. The van der Waals surface area contributed by atoms with Gasteiger partial charge < -0.3 is 10.1 Å². The van der Waals surface area contributed by atoms with E-state index in [2.05, 4.69) is 5.32 Å². The zero-order valence-electron chi connectivity index (χ0n) is 14.7. The summed E-state index contributed by atoms with van der Waals surface area (Å²) in [5.41, 5.74) is 4.20. The van der Waals surface area contributed by atoms with E-state index in [1.807, 2.05) is 44.2 Å². The van der Waals surface area contributed by atoms with Crippen molar-refractivity contribution in [2.75, 3.05) is 19.5 Å². The standard InChI is InChI=1S/C20H20N2O3/c1-12-9-10-14(11-13(12)2)17-18(20(24)22(3)19(17)23)21-15-7-5-6-8-16(15)25-4/h5-11,21H,1-4H3. The van der Waals surface area contributed by atoms with Crippen LogP contribution in [0.5, 0.6) is 5.75 Å². The lowest BCUT2D eigenvalue weighted by Gasteiger charge is -2.12. The molecule has 0 saturated heterocycles. The largest absolute Gasteiger partial charge is 0.495 e. The van der Waals surface area contributed by atoms with Crippen molar-refractivity contribution in [3.63, 3.8) is 0 Å². The second kappa shape index (κ2) is 6.43. The molecule has 1 aliphatic rings. The highest BCUT2D eigenvalue weighted by atomic mass is 16.5. The first-order valence-corrected chi connectivity index (χ1v) is 7.98. The van der Waals surface area contributed by atoms with Crippen LogP contribution in [0.2, 0.25) is 0 Å². The minimum Gasteiger partial charge on any atom is -0.495 e. The Balaban J connectivity index is 2.13. The zero-order chi connectivity index (χ0) is 18.1. The molecule has 0 unspecified atom stereocenters. The summed E-state index contributed by atoms with van der Waals surface area (Å²) in [5, 5.41) is 3.10. The van der Waals surface area contributed by atoms with Crippen LogP contribution in [0.3, 0.4) is 0 Å². The highest BCUT2D eigenvalue weighted by molar-refractivity contribution is 6.36. The first kappa shape index (κ1) is 16.8. The van der Waals surface area contributed by atoms with E-state index in [0.29, 0.717) is 17.0 Å². The van der Waals surface area contributed by atoms with Crippen LogP contribution in [0.4, 0.5) is 5.69 Å². The molecule has 5 heteroatoms. The summed E-state index contributed by atoms with van der Waals surface area (Å²) in [4.78, 5) is 26.4. The fourth-order valence-electron chi connectivity index (χ4n) is 2.80. The Bertz CT molecular complexity index is 900. The van der Waals surface area contributed by atoms with Gasteiger partial charge in [-0.05, 0) is 42.7 Å². The number of benzene rings is 2. The van der Waals surface area contributed by atoms with E-state index >= 15 is 0 Å². The van der Waals surface area contributed by atoms with Crippen molar-refractivity contribution in [2.45, 2.75) is 13.8 Å². The van der Waals surface area contributed by atoms with Gasteiger partial charge in [-0.25, -0.2) is 0 Å². The fraction of sp³-hybridized carbons (Fsp3) is 0.200. The van der Waals surface area contributed by atoms with Gasteiger partial charge in [0.05, 0.1) is 18.4 Å². The molecule has 3 rings (SSSR count). The first-order valence-electron chi connectivity index (χ1n) is 7.98. The molecule has 5 nitrogen and oxygen atoms in total. The topological polar surface area (TPSA) is 58.6 Å². The van der Waals surface area contributed by atoms with Gasteiger partial charge in [0, 0.05) is 7.05 Å². The van der Waals surface area contributed by atoms with Gasteiger partial charge in [-0.15, -0.1) is 0 Å². The minimum atomic E-state index is -0.357. The number of amides is 2. The lowest BCUT2D eigenvalue weighted by molar-refractivity contribution is -0.135. The Morgan fingerprint density at radius 3 is 2.36 bits per heavy atom. The molecule has 1 heterocycles. The van der Waals surface area contributed by atoms with Crippen molar-refractivity contribution in [3.8, 4) is 5.75 Å². The maximum Gasteiger partial charge on any atom is 0.277 e. The Morgan fingerprint density at radius 2 is 1.68 bits per heavy atom. The number of aryl methyl sites for hydroxylation is 2. The number of likely N-dealkylation sites (N-methyl/N-ethyl adjacent to an activating group) is 1. The number of hydrogen-bond donors (Lipinski definition) is 1. The van der Waals surface area contributed by atoms with E-state index in [-0.39, 0.29) is 17.5 Å². The van der Waals surface area contributed by atoms with Crippen molar-refractivity contribution < 1.29 is 14.3 Å². The van der Waals surface area contributed by atoms with E-state index in [9.17, 15) is 9.59 Å². The van der Waals surface area contributed by atoms with E-state index in [1.54, 1.807) is 19.2 Å². The Kier molecular flexibility index (Phi) is 4.31. The molecule has 2 aromatic carbocycles. The highest BCUT2D eigenvalue weighted by Crippen LogP contribution is 2.33. The van der Waals surface area contributed by atoms with Crippen LogP contribution in [-0.4, -0.2) is 30.9 Å². The van der Waals surface area contributed by atoms with E-state index in [0.717, 1.165) is 21.6 Å². The molecule has 0 fully saturated rings. The van der Waals surface area contributed by atoms with Crippen LogP contribution in [0.1, 0.15) is 16.7 Å². The number of ether oxygens (including phenoxy) is 1. The van der Waals surface area contributed by atoms with E-state index in [4.69, 9.17) is 4.74 Å². The molecule has 0 radical (unpaired) electrons. The second-order valence-electron chi connectivity index (χ2n) is 6.04. The van der Waals surface area contributed by atoms with Gasteiger partial charge in [0.1, 0.15) is 11.4 Å². The van der Waals surface area contributed by atoms with Crippen molar-refractivity contribution in [3.05, 3.63) is 64.9 Å². The molecule has 1 N–H and O–H groups in total. The summed E-state index contributed by atoms with van der Waals surface area (Å²) in [6, 6.07) is 13.0. The lowest BCUT2D eigenvalue weighted by atomic mass is 9.99. The fourth-order valence-corrected chi connectivity index (χ4v) is 2.80. The summed E-state index contributed by atoms with van der Waals surface area (Å²) in [7, 11) is 3.05. The summed E-state index contributed by atoms with van der Waals surface area (Å²) >= 11 is 0. The molecule has 0 aliphatic carbocycles. The third kappa shape index (κ3) is 2.89. The summed E-state index contributed by atoms with van der Waals surface area (Å²) < 4.78 is 5.33. The number of rotatable bonds is 4. The smallest absolute Gasteiger partial charge is 0.277 e. The molecular formula is C20H20N2O3. The second-order valence-corrected chi connectivity index (χ2v) is 6.04. The Hall–Kier alpha value is -3.08. The molecule has 1 aliphatic heterocycles. The minimum absolute atomic E-state index is 0.264. The van der Waals surface area contributed by atoms with Crippen LogP contribution in [-0.2, 0) is 9.59 Å². The summed E-state index contributed by atoms with van der Waals surface area (Å²) in [6.45, 7) is 3.99. The Morgan fingerprint density at radius 1 is 0.960 bits per heavy atom. The van der Waals surface area contributed by atoms with Gasteiger partial charge in [0.15, 0.2) is 0 Å². The molecular weight excluding hydrogens is 316 g/mol. The van der Waals surface area contributed by atoms with Crippen LogP contribution >= 0.6 is 0 Å². The molecule has 0 atom stereocenters. The molecule has 2 amide bonds. The number of anilines is 1. The predicted molar refractivity (Wildman–Crippen MR) is 97.2 cm³/mol. The highest BCUT2D eigenvalue weighted by Gasteiger charge is 2.37. The summed E-state index contributed by atoms with van der Waals surface area (Å²) in [5.74, 6) is -0.0703. The van der Waals surface area contributed by atoms with Crippen molar-refractivity contribution in [1.29, 1.82) is 0 Å². The predicted octanol–water partition coefficient (Wildman–Crippen LogP) is 3.13. The van der Waals surface area contributed by atoms with Gasteiger partial charge in [0.25, 0.3) is 11.8 Å². The molecule has 25 heavy (non-hydrogen) atoms. The number of methoxy groups -OCH3 is 1. The van der Waals surface area contributed by atoms with Crippen LogP contribution < -0.4 is 10.1 Å². The van der Waals surface area contributed by atoms with Crippen LogP contribution in [0.25, 0.3) is 5.57 Å². The van der Waals surface area contributed by atoms with Crippen molar-refractivity contribution in [2.24, 2.45) is 0 Å². The third-order valence-electron chi connectivity index (χ3n) is 4.45. The number of carbonyl (C=O) groups excluding carboxylic acids is 2. The monoisotopic (exact) mass is 336 g/mol. The van der Waals surface area contributed by atoms with Gasteiger partial charge in [-0.2, -0.15) is 0 Å². The Labute approximate surface area is 146 Å². The molecule has 2 aromatic rings. The number of hydrogen-bond acceptors (Lipinski definition) is 4. The maximum absolute atomic E-state index is 12.6. The SMILES string of the molecule is COc1ccccc1NC1=C(c2ccc(C)c(C)c2)C(=O)N(C)C1=O. The number of imide groups is 1. The van der Waals surface area contributed by atoms with Gasteiger partial charge >= 0.3 is 0 Å². The van der Waals surface area contributed by atoms with Crippen LogP contribution in [0, 0.1) is 13.8 Å². The van der Waals surface area contributed by atoms with Crippen molar-refractivity contribution >= 4 is 23.1 Å². The summed E-state index contributed by atoms with van der Waals surface area (Å²) in [6.07, 6.45) is 0. The first-order chi connectivity index (χ1) is 11.9. The lowest BCUT2D eigenvalue weighted by Crippen LogP contribution is -2.28.